The first-order valence-electron chi connectivity index (χ1n) is 10.3. The van der Waals surface area contributed by atoms with E-state index in [9.17, 15) is 0 Å². The molecule has 6 heteroatoms. The van der Waals surface area contributed by atoms with Crippen molar-refractivity contribution in [2.75, 3.05) is 19.8 Å². The summed E-state index contributed by atoms with van der Waals surface area (Å²) in [6, 6.07) is 8.24. The summed E-state index contributed by atoms with van der Waals surface area (Å²) in [7, 11) is 0. The number of fused-ring (bicyclic) bond motifs is 1. The van der Waals surface area contributed by atoms with Crippen LogP contribution in [0.5, 0.6) is 0 Å². The molecule has 0 spiro atoms. The third-order valence-corrected chi connectivity index (χ3v) is 5.10. The quantitative estimate of drug-likeness (QED) is 0.800. The van der Waals surface area contributed by atoms with Crippen molar-refractivity contribution in [3.8, 4) is 11.8 Å². The molecule has 2 aliphatic rings. The van der Waals surface area contributed by atoms with E-state index in [0.29, 0.717) is 6.54 Å². The topological polar surface area (TPSA) is 48.7 Å². The maximum atomic E-state index is 4.93. The number of aryl methyl sites for hydroxylation is 1. The summed E-state index contributed by atoms with van der Waals surface area (Å²) in [5.74, 6) is 7.46. The highest BCUT2D eigenvalue weighted by Crippen LogP contribution is 2.26. The second kappa shape index (κ2) is 8.44. The Kier molecular flexibility index (Phi) is 5.57. The lowest BCUT2D eigenvalue weighted by atomic mass is 10.1. The molecule has 0 bridgehead atoms. The SMILES string of the molecule is CCCN1C=C2NC(c3cnn(CC#Cc4cccc(C)c4)c3)N=C2N(CC)C1. The number of aliphatic imine (C=N–C) groups is 1. The Morgan fingerprint density at radius 3 is 2.97 bits per heavy atom. The Morgan fingerprint density at radius 2 is 2.17 bits per heavy atom. The number of rotatable bonds is 5. The molecule has 0 aliphatic carbocycles. The summed E-state index contributed by atoms with van der Waals surface area (Å²) in [6.07, 6.45) is 7.16. The lowest BCUT2D eigenvalue weighted by Gasteiger charge is -2.35. The average Bonchev–Trinajstić information content (AvgIpc) is 3.34. The fraction of sp³-hybridized carbons (Fsp3) is 0.391. The van der Waals surface area contributed by atoms with Crippen LogP contribution in [-0.2, 0) is 6.54 Å². The van der Waals surface area contributed by atoms with Crippen molar-refractivity contribution >= 4 is 5.84 Å². The molecule has 2 aliphatic heterocycles. The summed E-state index contributed by atoms with van der Waals surface area (Å²) < 4.78 is 1.87. The zero-order chi connectivity index (χ0) is 20.2. The van der Waals surface area contributed by atoms with E-state index in [4.69, 9.17) is 4.99 Å². The maximum Gasteiger partial charge on any atom is 0.152 e. The standard InChI is InChI=1S/C23H28N6/c1-4-11-27-16-21-23(28(5-2)17-27)26-22(25-21)20-14-24-29(15-20)12-7-10-19-9-6-8-18(3)13-19/h6,8-9,13-16,22,25H,4-5,11-12,17H2,1-3H3. The highest BCUT2D eigenvalue weighted by Gasteiger charge is 2.31. The predicted molar refractivity (Wildman–Crippen MR) is 116 cm³/mol. The molecule has 0 saturated carbocycles. The molecular weight excluding hydrogens is 360 g/mol. The number of hydrogen-bond acceptors (Lipinski definition) is 5. The summed E-state index contributed by atoms with van der Waals surface area (Å²) in [6.45, 7) is 9.92. The van der Waals surface area contributed by atoms with Gasteiger partial charge in [-0.25, -0.2) is 4.99 Å². The van der Waals surface area contributed by atoms with E-state index in [1.165, 1.54) is 5.56 Å². The molecular formula is C23H28N6. The molecule has 0 amide bonds. The number of nitrogens with zero attached hydrogens (tertiary/aromatic N) is 5. The van der Waals surface area contributed by atoms with Gasteiger partial charge < -0.3 is 15.1 Å². The third-order valence-electron chi connectivity index (χ3n) is 5.10. The summed E-state index contributed by atoms with van der Waals surface area (Å²) in [5, 5.41) is 8.02. The summed E-state index contributed by atoms with van der Waals surface area (Å²) in [5.41, 5.74) is 4.42. The first-order valence-corrected chi connectivity index (χ1v) is 10.3. The fourth-order valence-electron chi connectivity index (χ4n) is 3.68. The van der Waals surface area contributed by atoms with Crippen molar-refractivity contribution in [3.05, 3.63) is 65.2 Å². The molecule has 4 rings (SSSR count). The van der Waals surface area contributed by atoms with E-state index in [2.05, 4.69) is 71.2 Å². The van der Waals surface area contributed by atoms with Crippen LogP contribution in [-0.4, -0.2) is 45.2 Å². The van der Waals surface area contributed by atoms with Gasteiger partial charge in [0.2, 0.25) is 0 Å². The minimum absolute atomic E-state index is 0.0923. The molecule has 3 heterocycles. The largest absolute Gasteiger partial charge is 0.358 e. The Hall–Kier alpha value is -3.20. The number of benzene rings is 1. The van der Waals surface area contributed by atoms with Gasteiger partial charge in [-0.1, -0.05) is 30.9 Å². The van der Waals surface area contributed by atoms with E-state index in [1.54, 1.807) is 0 Å². The molecule has 6 nitrogen and oxygen atoms in total. The fourth-order valence-corrected chi connectivity index (χ4v) is 3.68. The molecule has 1 atom stereocenters. The monoisotopic (exact) mass is 388 g/mol. The van der Waals surface area contributed by atoms with Crippen LogP contribution < -0.4 is 5.32 Å². The van der Waals surface area contributed by atoms with Crippen molar-refractivity contribution in [2.24, 2.45) is 4.99 Å². The Bertz CT molecular complexity index is 990. The van der Waals surface area contributed by atoms with Crippen molar-refractivity contribution in [1.29, 1.82) is 0 Å². The molecule has 1 unspecified atom stereocenters. The smallest absolute Gasteiger partial charge is 0.152 e. The lowest BCUT2D eigenvalue weighted by Crippen LogP contribution is -2.45. The molecule has 2 aromatic rings. The Balaban J connectivity index is 1.45. The second-order valence-electron chi connectivity index (χ2n) is 7.49. The molecule has 0 saturated heterocycles. The van der Waals surface area contributed by atoms with Crippen LogP contribution in [0.2, 0.25) is 0 Å². The van der Waals surface area contributed by atoms with Crippen LogP contribution in [0.15, 0.2) is 53.5 Å². The zero-order valence-electron chi connectivity index (χ0n) is 17.4. The normalized spacial score (nSPS) is 17.8. The van der Waals surface area contributed by atoms with Crippen LogP contribution in [0.25, 0.3) is 0 Å². The van der Waals surface area contributed by atoms with E-state index >= 15 is 0 Å². The molecule has 1 aromatic carbocycles. The van der Waals surface area contributed by atoms with Crippen molar-refractivity contribution in [2.45, 2.75) is 39.9 Å². The van der Waals surface area contributed by atoms with Gasteiger partial charge >= 0.3 is 0 Å². The highest BCUT2D eigenvalue weighted by molar-refractivity contribution is 6.00. The van der Waals surface area contributed by atoms with Gasteiger partial charge in [-0.2, -0.15) is 5.10 Å². The molecule has 0 radical (unpaired) electrons. The van der Waals surface area contributed by atoms with Gasteiger partial charge in [0.25, 0.3) is 0 Å². The number of aromatic nitrogens is 2. The van der Waals surface area contributed by atoms with Crippen LogP contribution >= 0.6 is 0 Å². The molecule has 29 heavy (non-hydrogen) atoms. The summed E-state index contributed by atoms with van der Waals surface area (Å²) in [4.78, 5) is 9.59. The van der Waals surface area contributed by atoms with Crippen LogP contribution in [0.4, 0.5) is 0 Å². The van der Waals surface area contributed by atoms with Gasteiger partial charge in [-0.05, 0) is 38.0 Å². The van der Waals surface area contributed by atoms with Crippen molar-refractivity contribution in [1.82, 2.24) is 24.9 Å². The van der Waals surface area contributed by atoms with Crippen molar-refractivity contribution < 1.29 is 0 Å². The minimum atomic E-state index is -0.0923. The van der Waals surface area contributed by atoms with Crippen molar-refractivity contribution in [3.63, 3.8) is 0 Å². The first-order chi connectivity index (χ1) is 14.2. The molecule has 150 valence electrons. The Morgan fingerprint density at radius 1 is 1.28 bits per heavy atom. The maximum absolute atomic E-state index is 4.93. The zero-order valence-corrected chi connectivity index (χ0v) is 17.4. The van der Waals surface area contributed by atoms with Gasteiger partial charge in [0, 0.05) is 36.6 Å². The third kappa shape index (κ3) is 4.29. The molecule has 0 fully saturated rings. The second-order valence-corrected chi connectivity index (χ2v) is 7.49. The average molecular weight is 389 g/mol. The van der Waals surface area contributed by atoms with E-state index in [1.807, 2.05) is 29.2 Å². The van der Waals surface area contributed by atoms with Gasteiger partial charge in [-0.3, -0.25) is 4.68 Å². The number of hydrogen-bond donors (Lipinski definition) is 1. The Labute approximate surface area is 172 Å². The predicted octanol–water partition coefficient (Wildman–Crippen LogP) is 3.09. The number of nitrogens with one attached hydrogen (secondary N) is 1. The van der Waals surface area contributed by atoms with Crippen LogP contribution in [0.1, 0.15) is 43.1 Å². The lowest BCUT2D eigenvalue weighted by molar-refractivity contribution is 0.241. The van der Waals surface area contributed by atoms with Gasteiger partial charge in [0.15, 0.2) is 5.84 Å². The summed E-state index contributed by atoms with van der Waals surface area (Å²) >= 11 is 0. The van der Waals surface area contributed by atoms with Gasteiger partial charge in [0.1, 0.15) is 12.7 Å². The number of likely N-dealkylation sites (N-methyl/N-ethyl adjacent to an activating group) is 1. The first kappa shape index (κ1) is 19.1. The van der Waals surface area contributed by atoms with Gasteiger partial charge in [0.05, 0.1) is 18.6 Å². The minimum Gasteiger partial charge on any atom is -0.358 e. The van der Waals surface area contributed by atoms with Gasteiger partial charge in [-0.15, -0.1) is 0 Å². The number of amidine groups is 1. The molecule has 1 aromatic heterocycles. The van der Waals surface area contributed by atoms with E-state index in [-0.39, 0.29) is 6.17 Å². The van der Waals surface area contributed by atoms with E-state index < -0.39 is 0 Å². The van der Waals surface area contributed by atoms with Crippen LogP contribution in [0, 0.1) is 18.8 Å². The highest BCUT2D eigenvalue weighted by atomic mass is 15.4. The molecule has 1 N–H and O–H groups in total. The van der Waals surface area contributed by atoms with Crippen LogP contribution in [0.3, 0.4) is 0 Å². The van der Waals surface area contributed by atoms with E-state index in [0.717, 1.165) is 48.8 Å².